The fourth-order valence-electron chi connectivity index (χ4n) is 2.11. The Hall–Kier alpha value is -2.90. The van der Waals surface area contributed by atoms with Crippen molar-refractivity contribution in [2.45, 2.75) is 20.8 Å². The van der Waals surface area contributed by atoms with Crippen LogP contribution in [0.1, 0.15) is 18.2 Å². The number of rotatable bonds is 7. The lowest BCUT2D eigenvalue weighted by Crippen LogP contribution is -2.32. The number of carbonyl (C=O) groups is 1. The fraction of sp³-hybridized carbons (Fsp3) is 0.353. The molecule has 2 amide bonds. The van der Waals surface area contributed by atoms with E-state index in [9.17, 15) is 9.18 Å². The zero-order chi connectivity index (χ0) is 18.2. The number of hydrogen-bond acceptors (Lipinski definition) is 5. The number of nitrogens with zero attached hydrogens (tertiary/aromatic N) is 2. The highest BCUT2D eigenvalue weighted by atomic mass is 19.1. The van der Waals surface area contributed by atoms with E-state index in [0.717, 1.165) is 12.2 Å². The van der Waals surface area contributed by atoms with E-state index in [2.05, 4.69) is 31.2 Å². The molecule has 1 aromatic carbocycles. The van der Waals surface area contributed by atoms with Crippen molar-refractivity contribution in [3.63, 3.8) is 0 Å². The third-order valence-electron chi connectivity index (χ3n) is 3.34. The number of aromatic nitrogens is 2. The standard InChI is InChI=1S/C17H23FN6O/c1-4-19-16-22-12(3)9-15(24-16)20-7-8-21-17(25)23-13-6-5-11(2)14(18)10-13/h5-6,9-10H,4,7-8H2,1-3H3,(H2,21,23,25)(H2,19,20,22,24). The molecule has 0 fully saturated rings. The second-order valence-electron chi connectivity index (χ2n) is 5.52. The molecular weight excluding hydrogens is 323 g/mol. The summed E-state index contributed by atoms with van der Waals surface area (Å²) in [6.07, 6.45) is 0. The monoisotopic (exact) mass is 346 g/mol. The number of urea groups is 1. The number of anilines is 3. The van der Waals surface area contributed by atoms with Crippen molar-refractivity contribution in [1.29, 1.82) is 0 Å². The summed E-state index contributed by atoms with van der Waals surface area (Å²) >= 11 is 0. The maximum Gasteiger partial charge on any atom is 0.319 e. The normalized spacial score (nSPS) is 10.2. The first-order chi connectivity index (χ1) is 12.0. The second-order valence-corrected chi connectivity index (χ2v) is 5.52. The Morgan fingerprint density at radius 1 is 1.12 bits per heavy atom. The van der Waals surface area contributed by atoms with Crippen molar-refractivity contribution >= 4 is 23.5 Å². The molecule has 1 aromatic heterocycles. The van der Waals surface area contributed by atoms with Crippen LogP contribution >= 0.6 is 0 Å². The van der Waals surface area contributed by atoms with Crippen LogP contribution in [-0.2, 0) is 0 Å². The largest absolute Gasteiger partial charge is 0.368 e. The molecule has 2 aromatic rings. The summed E-state index contributed by atoms with van der Waals surface area (Å²) in [5.41, 5.74) is 1.79. The lowest BCUT2D eigenvalue weighted by Gasteiger charge is -2.11. The Bertz CT molecular complexity index is 737. The average molecular weight is 346 g/mol. The Morgan fingerprint density at radius 2 is 1.92 bits per heavy atom. The molecule has 0 unspecified atom stereocenters. The molecule has 0 spiro atoms. The van der Waals surface area contributed by atoms with Gasteiger partial charge in [0.25, 0.3) is 0 Å². The summed E-state index contributed by atoms with van der Waals surface area (Å²) in [6, 6.07) is 6.00. The molecule has 4 N–H and O–H groups in total. The van der Waals surface area contributed by atoms with E-state index >= 15 is 0 Å². The Labute approximate surface area is 146 Å². The molecule has 25 heavy (non-hydrogen) atoms. The van der Waals surface area contributed by atoms with E-state index in [-0.39, 0.29) is 5.82 Å². The van der Waals surface area contributed by atoms with Crippen LogP contribution in [0.4, 0.5) is 26.6 Å². The number of amides is 2. The summed E-state index contributed by atoms with van der Waals surface area (Å²) in [4.78, 5) is 20.4. The van der Waals surface area contributed by atoms with Gasteiger partial charge >= 0.3 is 6.03 Å². The molecule has 0 aliphatic heterocycles. The number of aryl methyl sites for hydroxylation is 2. The highest BCUT2D eigenvalue weighted by molar-refractivity contribution is 5.89. The van der Waals surface area contributed by atoms with E-state index in [1.807, 2.05) is 19.9 Å². The number of hydrogen-bond donors (Lipinski definition) is 4. The predicted octanol–water partition coefficient (Wildman–Crippen LogP) is 2.90. The van der Waals surface area contributed by atoms with Crippen molar-refractivity contribution in [2.24, 2.45) is 0 Å². The maximum atomic E-state index is 13.4. The molecule has 0 saturated heterocycles. The zero-order valence-electron chi connectivity index (χ0n) is 14.6. The van der Waals surface area contributed by atoms with E-state index in [0.29, 0.717) is 36.1 Å². The number of halogens is 1. The quantitative estimate of drug-likeness (QED) is 0.579. The third-order valence-corrected chi connectivity index (χ3v) is 3.34. The number of nitrogens with one attached hydrogen (secondary N) is 4. The second kappa shape index (κ2) is 8.81. The smallest absolute Gasteiger partial charge is 0.319 e. The summed E-state index contributed by atoms with van der Waals surface area (Å²) < 4.78 is 13.4. The molecule has 0 atom stereocenters. The van der Waals surface area contributed by atoms with E-state index in [1.54, 1.807) is 19.1 Å². The Balaban J connectivity index is 1.77. The van der Waals surface area contributed by atoms with Gasteiger partial charge in [-0.15, -0.1) is 0 Å². The van der Waals surface area contributed by atoms with E-state index in [4.69, 9.17) is 0 Å². The molecule has 1 heterocycles. The number of carbonyl (C=O) groups excluding carboxylic acids is 1. The third kappa shape index (κ3) is 5.91. The van der Waals surface area contributed by atoms with E-state index in [1.165, 1.54) is 6.07 Å². The molecular formula is C17H23FN6O. The molecule has 134 valence electrons. The summed E-state index contributed by atoms with van der Waals surface area (Å²) in [5, 5.41) is 11.5. The van der Waals surface area contributed by atoms with Crippen LogP contribution in [0.15, 0.2) is 24.3 Å². The van der Waals surface area contributed by atoms with Crippen LogP contribution < -0.4 is 21.3 Å². The van der Waals surface area contributed by atoms with Gasteiger partial charge < -0.3 is 21.3 Å². The van der Waals surface area contributed by atoms with Crippen LogP contribution in [0.5, 0.6) is 0 Å². The van der Waals surface area contributed by atoms with Gasteiger partial charge in [-0.05, 0) is 38.5 Å². The van der Waals surface area contributed by atoms with Crippen molar-refractivity contribution < 1.29 is 9.18 Å². The highest BCUT2D eigenvalue weighted by Crippen LogP contribution is 2.13. The molecule has 8 heteroatoms. The van der Waals surface area contributed by atoms with Crippen molar-refractivity contribution in [2.75, 3.05) is 35.6 Å². The van der Waals surface area contributed by atoms with Gasteiger partial charge in [0.1, 0.15) is 11.6 Å². The first-order valence-corrected chi connectivity index (χ1v) is 8.12. The van der Waals surface area contributed by atoms with Crippen molar-refractivity contribution in [1.82, 2.24) is 15.3 Å². The lowest BCUT2D eigenvalue weighted by atomic mass is 10.2. The fourth-order valence-corrected chi connectivity index (χ4v) is 2.11. The summed E-state index contributed by atoms with van der Waals surface area (Å²) in [7, 11) is 0. The Kier molecular flexibility index (Phi) is 6.50. The van der Waals surface area contributed by atoms with E-state index < -0.39 is 6.03 Å². The minimum absolute atomic E-state index is 0.352. The van der Waals surface area contributed by atoms with Crippen molar-refractivity contribution in [3.8, 4) is 0 Å². The first kappa shape index (κ1) is 18.4. The lowest BCUT2D eigenvalue weighted by molar-refractivity contribution is 0.252. The first-order valence-electron chi connectivity index (χ1n) is 8.12. The molecule has 0 saturated carbocycles. The van der Waals surface area contributed by atoms with Gasteiger partial charge in [0, 0.05) is 37.1 Å². The minimum atomic E-state index is -0.391. The van der Waals surface area contributed by atoms with Crippen molar-refractivity contribution in [3.05, 3.63) is 41.3 Å². The van der Waals surface area contributed by atoms with Gasteiger partial charge in [0.15, 0.2) is 0 Å². The molecule has 7 nitrogen and oxygen atoms in total. The van der Waals surface area contributed by atoms with Gasteiger partial charge in [-0.3, -0.25) is 0 Å². The summed E-state index contributed by atoms with van der Waals surface area (Å²) in [5.74, 6) is 0.901. The molecule has 0 aliphatic rings. The highest BCUT2D eigenvalue weighted by Gasteiger charge is 2.04. The average Bonchev–Trinajstić information content (AvgIpc) is 2.55. The Morgan fingerprint density at radius 3 is 2.64 bits per heavy atom. The van der Waals surface area contributed by atoms with Crippen LogP contribution in [0.25, 0.3) is 0 Å². The molecule has 2 rings (SSSR count). The van der Waals surface area contributed by atoms with Crippen LogP contribution in [0.2, 0.25) is 0 Å². The predicted molar refractivity (Wildman–Crippen MR) is 97.6 cm³/mol. The number of benzene rings is 1. The topological polar surface area (TPSA) is 91.0 Å². The van der Waals surface area contributed by atoms with Gasteiger partial charge in [0.2, 0.25) is 5.95 Å². The summed E-state index contributed by atoms with van der Waals surface area (Å²) in [6.45, 7) is 7.16. The maximum absolute atomic E-state index is 13.4. The molecule has 0 aliphatic carbocycles. The van der Waals surface area contributed by atoms with Gasteiger partial charge in [0.05, 0.1) is 0 Å². The minimum Gasteiger partial charge on any atom is -0.368 e. The van der Waals surface area contributed by atoms with Gasteiger partial charge in [-0.1, -0.05) is 6.07 Å². The SMILES string of the molecule is CCNc1nc(C)cc(NCCNC(=O)Nc2ccc(C)c(F)c2)n1. The van der Waals surface area contributed by atoms with Crippen LogP contribution in [0, 0.1) is 19.7 Å². The van der Waals surface area contributed by atoms with Crippen LogP contribution in [-0.4, -0.2) is 35.6 Å². The van der Waals surface area contributed by atoms with Crippen LogP contribution in [0.3, 0.4) is 0 Å². The van der Waals surface area contributed by atoms with Gasteiger partial charge in [-0.2, -0.15) is 4.98 Å². The van der Waals surface area contributed by atoms with Gasteiger partial charge in [-0.25, -0.2) is 14.2 Å². The zero-order valence-corrected chi connectivity index (χ0v) is 14.6. The molecule has 0 bridgehead atoms. The molecule has 0 radical (unpaired) electrons.